The molecule has 7 heteroatoms. The van der Waals surface area contributed by atoms with Gasteiger partial charge in [-0.2, -0.15) is 0 Å². The maximum Gasteiger partial charge on any atom is 0.247 e. The number of aromatic nitrogens is 3. The number of para-hydroxylation sites is 1. The lowest BCUT2D eigenvalue weighted by molar-refractivity contribution is -0.116. The summed E-state index contributed by atoms with van der Waals surface area (Å²) in [5.41, 5.74) is 2.23. The Morgan fingerprint density at radius 3 is 2.70 bits per heavy atom. The Labute approximate surface area is 160 Å². The summed E-state index contributed by atoms with van der Waals surface area (Å²) >= 11 is 5.88. The van der Waals surface area contributed by atoms with E-state index in [2.05, 4.69) is 20.5 Å². The zero-order chi connectivity index (χ0) is 18.6. The first kappa shape index (κ1) is 17.2. The number of rotatable bonds is 5. The molecule has 0 unspecified atom stereocenters. The van der Waals surface area contributed by atoms with E-state index in [1.54, 1.807) is 30.5 Å². The molecule has 0 radical (unpaired) electrons. The minimum Gasteiger partial charge on any atom is -0.421 e. The van der Waals surface area contributed by atoms with Crippen LogP contribution in [0.15, 0.2) is 65.2 Å². The number of fused-ring (bicyclic) bond motifs is 1. The average Bonchev–Trinajstić information content (AvgIpc) is 3.16. The van der Waals surface area contributed by atoms with Crippen molar-refractivity contribution in [3.63, 3.8) is 0 Å². The SMILES string of the molecule is O=C(CCc1nnc(-c2ccc(Cl)cc2)o1)Nc1cccc2cccnc12. The number of hydrogen-bond acceptors (Lipinski definition) is 5. The third-order valence-electron chi connectivity index (χ3n) is 4.03. The largest absolute Gasteiger partial charge is 0.421 e. The van der Waals surface area contributed by atoms with Crippen LogP contribution in [-0.2, 0) is 11.2 Å². The summed E-state index contributed by atoms with van der Waals surface area (Å²) in [6, 6.07) is 16.6. The lowest BCUT2D eigenvalue weighted by Crippen LogP contribution is -2.13. The van der Waals surface area contributed by atoms with Gasteiger partial charge in [-0.25, -0.2) is 0 Å². The van der Waals surface area contributed by atoms with Crippen LogP contribution in [0, 0.1) is 0 Å². The number of anilines is 1. The molecule has 0 aliphatic heterocycles. The first-order valence-electron chi connectivity index (χ1n) is 8.41. The summed E-state index contributed by atoms with van der Waals surface area (Å²) in [5.74, 6) is 0.672. The molecular formula is C20H15ClN4O2. The lowest BCUT2D eigenvalue weighted by Gasteiger charge is -2.07. The van der Waals surface area contributed by atoms with Gasteiger partial charge in [-0.05, 0) is 36.4 Å². The van der Waals surface area contributed by atoms with E-state index >= 15 is 0 Å². The molecule has 0 saturated heterocycles. The molecule has 1 N–H and O–H groups in total. The molecule has 6 nitrogen and oxygen atoms in total. The zero-order valence-corrected chi connectivity index (χ0v) is 15.0. The molecule has 2 aromatic carbocycles. The van der Waals surface area contributed by atoms with Crippen LogP contribution in [0.2, 0.25) is 5.02 Å². The van der Waals surface area contributed by atoms with Crippen LogP contribution in [0.1, 0.15) is 12.3 Å². The van der Waals surface area contributed by atoms with Crippen LogP contribution in [0.4, 0.5) is 5.69 Å². The molecule has 2 heterocycles. The average molecular weight is 379 g/mol. The fourth-order valence-electron chi connectivity index (χ4n) is 2.70. The topological polar surface area (TPSA) is 80.9 Å². The Morgan fingerprint density at radius 1 is 1.04 bits per heavy atom. The number of hydrogen-bond donors (Lipinski definition) is 1. The maximum absolute atomic E-state index is 12.3. The predicted molar refractivity (Wildman–Crippen MR) is 103 cm³/mol. The zero-order valence-electron chi connectivity index (χ0n) is 14.2. The second kappa shape index (κ2) is 7.55. The summed E-state index contributed by atoms with van der Waals surface area (Å²) in [5, 5.41) is 12.5. The van der Waals surface area contributed by atoms with Crippen molar-refractivity contribution in [1.29, 1.82) is 0 Å². The number of amides is 1. The van der Waals surface area contributed by atoms with Crippen molar-refractivity contribution in [3.05, 3.63) is 71.7 Å². The molecule has 0 aliphatic carbocycles. The Bertz CT molecular complexity index is 1090. The van der Waals surface area contributed by atoms with Gasteiger partial charge < -0.3 is 9.73 Å². The van der Waals surface area contributed by atoms with E-state index in [-0.39, 0.29) is 12.3 Å². The Morgan fingerprint density at radius 2 is 1.85 bits per heavy atom. The third kappa shape index (κ3) is 3.96. The predicted octanol–water partition coefficient (Wildman–Crippen LogP) is 4.51. The van der Waals surface area contributed by atoms with Crippen molar-refractivity contribution < 1.29 is 9.21 Å². The van der Waals surface area contributed by atoms with E-state index in [4.69, 9.17) is 16.0 Å². The first-order valence-corrected chi connectivity index (χ1v) is 8.79. The molecule has 0 bridgehead atoms. The van der Waals surface area contributed by atoms with Crippen LogP contribution in [0.25, 0.3) is 22.4 Å². The van der Waals surface area contributed by atoms with Crippen LogP contribution < -0.4 is 5.32 Å². The summed E-state index contributed by atoms with van der Waals surface area (Å²) in [6.07, 6.45) is 2.28. The van der Waals surface area contributed by atoms with Crippen LogP contribution >= 0.6 is 11.6 Å². The molecule has 0 fully saturated rings. The second-order valence-electron chi connectivity index (χ2n) is 5.94. The smallest absolute Gasteiger partial charge is 0.247 e. The number of carbonyl (C=O) groups excluding carboxylic acids is 1. The molecule has 1 amide bonds. The van der Waals surface area contributed by atoms with E-state index in [0.717, 1.165) is 16.5 Å². The van der Waals surface area contributed by atoms with E-state index in [9.17, 15) is 4.79 Å². The van der Waals surface area contributed by atoms with Gasteiger partial charge in [-0.3, -0.25) is 9.78 Å². The van der Waals surface area contributed by atoms with E-state index < -0.39 is 0 Å². The number of pyridine rings is 1. The standard InChI is InChI=1S/C20H15ClN4O2/c21-15-8-6-14(7-9-15)20-25-24-18(27-20)11-10-17(26)23-16-5-1-3-13-4-2-12-22-19(13)16/h1-9,12H,10-11H2,(H,23,26). The van der Waals surface area contributed by atoms with Crippen LogP contribution in [0.3, 0.4) is 0 Å². The number of aryl methyl sites for hydroxylation is 1. The number of nitrogens with zero attached hydrogens (tertiary/aromatic N) is 3. The lowest BCUT2D eigenvalue weighted by atomic mass is 10.2. The number of halogens is 1. The quantitative estimate of drug-likeness (QED) is 0.552. The molecule has 27 heavy (non-hydrogen) atoms. The Balaban J connectivity index is 1.40. The number of nitrogens with one attached hydrogen (secondary N) is 1. The van der Waals surface area contributed by atoms with Crippen molar-refractivity contribution in [1.82, 2.24) is 15.2 Å². The first-order chi connectivity index (χ1) is 13.2. The summed E-state index contributed by atoms with van der Waals surface area (Å²) < 4.78 is 5.62. The van der Waals surface area contributed by atoms with Crippen molar-refractivity contribution in [2.24, 2.45) is 0 Å². The van der Waals surface area contributed by atoms with Gasteiger partial charge >= 0.3 is 0 Å². The van der Waals surface area contributed by atoms with Gasteiger partial charge in [0.05, 0.1) is 11.2 Å². The highest BCUT2D eigenvalue weighted by Crippen LogP contribution is 2.22. The molecule has 4 rings (SSSR count). The summed E-state index contributed by atoms with van der Waals surface area (Å²) in [6.45, 7) is 0. The van der Waals surface area contributed by atoms with Gasteiger partial charge in [-0.15, -0.1) is 10.2 Å². The second-order valence-corrected chi connectivity index (χ2v) is 6.37. The third-order valence-corrected chi connectivity index (χ3v) is 4.28. The Kier molecular flexibility index (Phi) is 4.80. The van der Waals surface area contributed by atoms with Crippen molar-refractivity contribution in [3.8, 4) is 11.5 Å². The molecule has 134 valence electrons. The molecule has 0 atom stereocenters. The van der Waals surface area contributed by atoms with Crippen molar-refractivity contribution >= 4 is 34.1 Å². The number of benzene rings is 2. The molecular weight excluding hydrogens is 364 g/mol. The Hall–Kier alpha value is -3.25. The molecule has 4 aromatic rings. The maximum atomic E-state index is 12.3. The van der Waals surface area contributed by atoms with E-state index in [0.29, 0.717) is 28.9 Å². The van der Waals surface area contributed by atoms with Gasteiger partial charge in [0.1, 0.15) is 0 Å². The molecule has 0 spiro atoms. The van der Waals surface area contributed by atoms with Gasteiger partial charge in [0, 0.05) is 35.0 Å². The van der Waals surface area contributed by atoms with Crippen molar-refractivity contribution in [2.45, 2.75) is 12.8 Å². The fraction of sp³-hybridized carbons (Fsp3) is 0.100. The molecule has 0 aliphatic rings. The normalized spacial score (nSPS) is 10.9. The van der Waals surface area contributed by atoms with Gasteiger partial charge in [0.2, 0.25) is 17.7 Å². The van der Waals surface area contributed by atoms with Gasteiger partial charge in [0.15, 0.2) is 0 Å². The highest BCUT2D eigenvalue weighted by molar-refractivity contribution is 6.30. The summed E-state index contributed by atoms with van der Waals surface area (Å²) in [7, 11) is 0. The highest BCUT2D eigenvalue weighted by atomic mass is 35.5. The van der Waals surface area contributed by atoms with Gasteiger partial charge in [0.25, 0.3) is 0 Å². The van der Waals surface area contributed by atoms with Crippen LogP contribution in [0.5, 0.6) is 0 Å². The monoisotopic (exact) mass is 378 g/mol. The molecule has 0 saturated carbocycles. The van der Waals surface area contributed by atoms with E-state index in [1.807, 2.05) is 30.3 Å². The minimum atomic E-state index is -0.139. The summed E-state index contributed by atoms with van der Waals surface area (Å²) in [4.78, 5) is 16.6. The van der Waals surface area contributed by atoms with Crippen LogP contribution in [-0.4, -0.2) is 21.1 Å². The van der Waals surface area contributed by atoms with E-state index in [1.165, 1.54) is 0 Å². The number of carbonyl (C=O) groups is 1. The van der Waals surface area contributed by atoms with Crippen molar-refractivity contribution in [2.75, 3.05) is 5.32 Å². The minimum absolute atomic E-state index is 0.139. The van der Waals surface area contributed by atoms with Gasteiger partial charge in [-0.1, -0.05) is 29.8 Å². The highest BCUT2D eigenvalue weighted by Gasteiger charge is 2.12. The molecule has 2 aromatic heterocycles. The fourth-order valence-corrected chi connectivity index (χ4v) is 2.83.